The molecule has 0 bridgehead atoms. The predicted molar refractivity (Wildman–Crippen MR) is 124 cm³/mol. The molecule has 0 N–H and O–H groups in total. The number of fused-ring (bicyclic) bond motifs is 7. The van der Waals surface area contributed by atoms with Crippen molar-refractivity contribution < 1.29 is 18.3 Å². The number of ether oxygens (including phenoxy) is 1. The van der Waals surface area contributed by atoms with E-state index in [9.17, 15) is 13.6 Å². The van der Waals surface area contributed by atoms with Crippen LogP contribution in [0.3, 0.4) is 0 Å². The lowest BCUT2D eigenvalue weighted by Crippen LogP contribution is -2.51. The van der Waals surface area contributed by atoms with Gasteiger partial charge in [0.05, 0.1) is 0 Å². The highest BCUT2D eigenvalue weighted by atomic mass is 19.1. The molecule has 0 saturated heterocycles. The average molecular weight is 457 g/mol. The topological polar surface area (TPSA) is 26.3 Å². The maximum absolute atomic E-state index is 14.0. The van der Waals surface area contributed by atoms with Crippen molar-refractivity contribution in [3.05, 3.63) is 29.8 Å². The summed E-state index contributed by atoms with van der Waals surface area (Å²) in [5.41, 5.74) is 0.0551. The van der Waals surface area contributed by atoms with Gasteiger partial charge in [0.2, 0.25) is 0 Å². The third-order valence-electron chi connectivity index (χ3n) is 11.2. The van der Waals surface area contributed by atoms with E-state index in [1.807, 2.05) is 0 Å². The summed E-state index contributed by atoms with van der Waals surface area (Å²) in [5.74, 6) is 5.55. The number of hydrogen-bond acceptors (Lipinski definition) is 2. The van der Waals surface area contributed by atoms with E-state index in [1.54, 1.807) is 0 Å². The second-order valence-corrected chi connectivity index (χ2v) is 12.6. The van der Waals surface area contributed by atoms with Gasteiger partial charge in [-0.2, -0.15) is 0 Å². The van der Waals surface area contributed by atoms with Crippen molar-refractivity contribution in [3.8, 4) is 5.75 Å². The molecule has 11 atom stereocenters. The number of Topliss-reactive ketones (excluding diaryl/α,β-unsaturated/α-hetero) is 1. The van der Waals surface area contributed by atoms with Crippen molar-refractivity contribution in [2.45, 2.75) is 65.7 Å². The summed E-state index contributed by atoms with van der Waals surface area (Å²) in [6.07, 6.45) is 9.41. The van der Waals surface area contributed by atoms with Gasteiger partial charge in [0, 0.05) is 12.0 Å². The quantitative estimate of drug-likeness (QED) is 0.492. The van der Waals surface area contributed by atoms with E-state index >= 15 is 0 Å². The van der Waals surface area contributed by atoms with Crippen molar-refractivity contribution >= 4 is 5.78 Å². The zero-order valence-electron chi connectivity index (χ0n) is 20.2. The van der Waals surface area contributed by atoms with Gasteiger partial charge in [-0.15, -0.1) is 0 Å². The summed E-state index contributed by atoms with van der Waals surface area (Å²) in [7, 11) is 0. The summed E-state index contributed by atoms with van der Waals surface area (Å²) in [4.78, 5) is 13.5. The normalized spacial score (nSPS) is 47.7. The van der Waals surface area contributed by atoms with Gasteiger partial charge in [-0.05, 0) is 109 Å². The largest absolute Gasteiger partial charge is 0.483 e. The van der Waals surface area contributed by atoms with Gasteiger partial charge in [-0.25, -0.2) is 8.78 Å². The third-order valence-corrected chi connectivity index (χ3v) is 11.2. The highest BCUT2D eigenvalue weighted by molar-refractivity contribution is 5.85. The van der Waals surface area contributed by atoms with Crippen LogP contribution in [0.5, 0.6) is 5.75 Å². The molecule has 1 aromatic carbocycles. The number of ketones is 1. The standard InChI is InChI=1S/C29H38F2O2/c1-15-4-7-19-17(12-15)5-8-21-20(19)10-11-29(3)27(21)25-16(2)26(25)28(29)23(32)14-33-24-9-6-18(30)13-22(24)31/h6,9,13,15-17,19-21,25-28H,4-5,7-8,10-12,14H2,1-3H3/t15?,16-,17?,19?,20?,21?,25?,26?,27?,28?,29?/m0/s1. The van der Waals surface area contributed by atoms with Gasteiger partial charge in [-0.3, -0.25) is 4.79 Å². The average Bonchev–Trinajstić information content (AvgIpc) is 3.29. The van der Waals surface area contributed by atoms with Crippen LogP contribution in [-0.4, -0.2) is 12.4 Å². The van der Waals surface area contributed by atoms with Crippen molar-refractivity contribution in [3.63, 3.8) is 0 Å². The number of carbonyl (C=O) groups is 1. The Hall–Kier alpha value is -1.45. The van der Waals surface area contributed by atoms with Gasteiger partial charge in [0.1, 0.15) is 12.4 Å². The molecule has 0 aromatic heterocycles. The summed E-state index contributed by atoms with van der Waals surface area (Å²) in [5, 5.41) is 0. The molecular formula is C29H38F2O2. The lowest BCUT2D eigenvalue weighted by Gasteiger charge is -2.57. The molecule has 5 aliphatic rings. The monoisotopic (exact) mass is 456 g/mol. The number of carbonyl (C=O) groups excluding carboxylic acids is 1. The number of halogens is 2. The summed E-state index contributed by atoms with van der Waals surface area (Å²) >= 11 is 0. The minimum atomic E-state index is -0.741. The lowest BCUT2D eigenvalue weighted by atomic mass is 9.47. The van der Waals surface area contributed by atoms with E-state index < -0.39 is 11.6 Å². The van der Waals surface area contributed by atoms with Crippen LogP contribution in [0, 0.1) is 76.2 Å². The van der Waals surface area contributed by atoms with Crippen LogP contribution in [0.4, 0.5) is 8.78 Å². The van der Waals surface area contributed by atoms with Gasteiger partial charge >= 0.3 is 0 Å². The molecule has 0 aliphatic heterocycles. The zero-order valence-corrected chi connectivity index (χ0v) is 20.2. The molecule has 5 aliphatic carbocycles. The first kappa shape index (κ1) is 22.0. The molecule has 180 valence electrons. The minimum absolute atomic E-state index is 0.0241. The predicted octanol–water partition coefficient (Wildman–Crippen LogP) is 6.92. The molecule has 1 aromatic rings. The fourth-order valence-corrected chi connectivity index (χ4v) is 9.92. The first-order valence-electron chi connectivity index (χ1n) is 13.4. The smallest absolute Gasteiger partial charge is 0.174 e. The van der Waals surface area contributed by atoms with Gasteiger partial charge in [0.25, 0.3) is 0 Å². The summed E-state index contributed by atoms with van der Waals surface area (Å²) in [6.45, 7) is 7.06. The Morgan fingerprint density at radius 1 is 1.03 bits per heavy atom. The van der Waals surface area contributed by atoms with Crippen LogP contribution in [0.2, 0.25) is 0 Å². The Bertz CT molecular complexity index is 946. The number of benzene rings is 1. The molecule has 6 rings (SSSR count). The molecule has 0 heterocycles. The van der Waals surface area contributed by atoms with E-state index in [-0.39, 0.29) is 29.5 Å². The molecule has 33 heavy (non-hydrogen) atoms. The number of rotatable bonds is 4. The molecule has 5 fully saturated rings. The van der Waals surface area contributed by atoms with E-state index in [0.717, 1.165) is 42.1 Å². The Balaban J connectivity index is 1.21. The first-order chi connectivity index (χ1) is 15.8. The van der Waals surface area contributed by atoms with Crippen molar-refractivity contribution in [1.29, 1.82) is 0 Å². The number of hydrogen-bond donors (Lipinski definition) is 0. The zero-order chi connectivity index (χ0) is 23.1. The molecule has 4 heteroatoms. The van der Waals surface area contributed by atoms with Crippen LogP contribution >= 0.6 is 0 Å². The maximum atomic E-state index is 14.0. The fraction of sp³-hybridized carbons (Fsp3) is 0.759. The second kappa shape index (κ2) is 7.78. The maximum Gasteiger partial charge on any atom is 0.174 e. The molecule has 2 nitrogen and oxygen atoms in total. The molecular weight excluding hydrogens is 418 g/mol. The Morgan fingerprint density at radius 3 is 2.61 bits per heavy atom. The van der Waals surface area contributed by atoms with Crippen LogP contribution in [0.1, 0.15) is 65.7 Å². The molecule has 0 spiro atoms. The van der Waals surface area contributed by atoms with Gasteiger partial charge in [0.15, 0.2) is 17.3 Å². The molecule has 5 saturated carbocycles. The molecule has 0 amide bonds. The van der Waals surface area contributed by atoms with Crippen molar-refractivity contribution in [2.75, 3.05) is 6.61 Å². The third kappa shape index (κ3) is 3.32. The van der Waals surface area contributed by atoms with Crippen LogP contribution in [-0.2, 0) is 4.79 Å². The van der Waals surface area contributed by atoms with Crippen LogP contribution in [0.25, 0.3) is 0 Å². The highest BCUT2D eigenvalue weighted by Crippen LogP contribution is 2.76. The Morgan fingerprint density at radius 2 is 1.82 bits per heavy atom. The Kier molecular flexibility index (Phi) is 5.20. The summed E-state index contributed by atoms with van der Waals surface area (Å²) < 4.78 is 32.9. The minimum Gasteiger partial charge on any atom is -0.483 e. The van der Waals surface area contributed by atoms with E-state index in [4.69, 9.17) is 4.74 Å². The fourth-order valence-electron chi connectivity index (χ4n) is 9.92. The van der Waals surface area contributed by atoms with Crippen LogP contribution in [0.15, 0.2) is 18.2 Å². The summed E-state index contributed by atoms with van der Waals surface area (Å²) in [6, 6.07) is 3.28. The van der Waals surface area contributed by atoms with Gasteiger partial charge in [-0.1, -0.05) is 27.2 Å². The highest BCUT2D eigenvalue weighted by Gasteiger charge is 2.73. The van der Waals surface area contributed by atoms with E-state index in [0.29, 0.717) is 23.7 Å². The van der Waals surface area contributed by atoms with E-state index in [1.165, 1.54) is 50.7 Å². The van der Waals surface area contributed by atoms with Crippen molar-refractivity contribution in [1.82, 2.24) is 0 Å². The Labute approximate surface area is 196 Å². The van der Waals surface area contributed by atoms with E-state index in [2.05, 4.69) is 20.8 Å². The SMILES string of the molecule is CC1CCC2C(CCC3C2CCC2(C)C(C(=O)COc4ccc(F)cc4F)C4C(C32)[C@@H]4C)C1. The second-order valence-electron chi connectivity index (χ2n) is 12.6. The molecule has 10 unspecified atom stereocenters. The first-order valence-corrected chi connectivity index (χ1v) is 13.4. The van der Waals surface area contributed by atoms with Gasteiger partial charge < -0.3 is 4.74 Å². The lowest BCUT2D eigenvalue weighted by molar-refractivity contribution is -0.136. The van der Waals surface area contributed by atoms with Crippen molar-refractivity contribution in [2.24, 2.45) is 64.6 Å². The van der Waals surface area contributed by atoms with Crippen LogP contribution < -0.4 is 4.74 Å². The molecule has 0 radical (unpaired) electrons.